The number of benzene rings is 1. The highest BCUT2D eigenvalue weighted by molar-refractivity contribution is 5.51. The first kappa shape index (κ1) is 14.0. The second-order valence-corrected chi connectivity index (χ2v) is 4.79. The summed E-state index contributed by atoms with van der Waals surface area (Å²) in [6.07, 6.45) is 1.30. The fourth-order valence-electron chi connectivity index (χ4n) is 2.16. The van der Waals surface area contributed by atoms with Gasteiger partial charge in [0.15, 0.2) is 0 Å². The van der Waals surface area contributed by atoms with Gasteiger partial charge in [0.2, 0.25) is 0 Å². The van der Waals surface area contributed by atoms with Crippen LogP contribution in [0.5, 0.6) is 0 Å². The molecule has 1 aromatic heterocycles. The van der Waals surface area contributed by atoms with E-state index in [2.05, 4.69) is 24.0 Å². The Morgan fingerprint density at radius 1 is 1.30 bits per heavy atom. The van der Waals surface area contributed by atoms with Crippen LogP contribution in [0, 0.1) is 17.0 Å². The van der Waals surface area contributed by atoms with Gasteiger partial charge < -0.3 is 4.90 Å². The lowest BCUT2D eigenvalue weighted by molar-refractivity contribution is -0.385. The molecule has 0 saturated heterocycles. The van der Waals surface area contributed by atoms with Crippen molar-refractivity contribution in [3.8, 4) is 0 Å². The lowest BCUT2D eigenvalue weighted by Gasteiger charge is -2.27. The van der Waals surface area contributed by atoms with Gasteiger partial charge in [-0.15, -0.1) is 0 Å². The topological polar surface area (TPSA) is 59.3 Å². The first-order valence-electron chi connectivity index (χ1n) is 6.39. The molecular weight excluding hydrogens is 254 g/mol. The predicted molar refractivity (Wildman–Crippen MR) is 78.9 cm³/mol. The van der Waals surface area contributed by atoms with Gasteiger partial charge in [-0.05, 0) is 25.0 Å². The lowest BCUT2D eigenvalue weighted by atomic mass is 10.1. The summed E-state index contributed by atoms with van der Waals surface area (Å²) in [5.74, 6) is 0.756. The number of aryl methyl sites for hydroxylation is 1. The highest BCUT2D eigenvalue weighted by atomic mass is 16.6. The van der Waals surface area contributed by atoms with E-state index < -0.39 is 4.92 Å². The molecule has 2 rings (SSSR count). The average molecular weight is 271 g/mol. The minimum Gasteiger partial charge on any atom is -0.353 e. The molecule has 5 heteroatoms. The normalized spacial score (nSPS) is 11.9. The first-order valence-corrected chi connectivity index (χ1v) is 6.39. The third-order valence-electron chi connectivity index (χ3n) is 3.44. The molecule has 20 heavy (non-hydrogen) atoms. The van der Waals surface area contributed by atoms with Crippen LogP contribution >= 0.6 is 0 Å². The summed E-state index contributed by atoms with van der Waals surface area (Å²) in [5.41, 5.74) is 1.99. The van der Waals surface area contributed by atoms with Crippen molar-refractivity contribution in [3.05, 3.63) is 63.8 Å². The lowest BCUT2D eigenvalue weighted by Crippen LogP contribution is -2.23. The van der Waals surface area contributed by atoms with E-state index in [1.165, 1.54) is 11.8 Å². The van der Waals surface area contributed by atoms with Crippen LogP contribution in [0.4, 0.5) is 11.5 Å². The molecule has 0 spiro atoms. The van der Waals surface area contributed by atoms with Gasteiger partial charge in [-0.2, -0.15) is 0 Å². The van der Waals surface area contributed by atoms with Crippen molar-refractivity contribution in [2.24, 2.45) is 0 Å². The number of nitrogens with zero attached hydrogens (tertiary/aromatic N) is 3. The Morgan fingerprint density at radius 3 is 2.50 bits per heavy atom. The zero-order chi connectivity index (χ0) is 14.7. The second-order valence-electron chi connectivity index (χ2n) is 4.79. The van der Waals surface area contributed by atoms with Crippen molar-refractivity contribution in [1.29, 1.82) is 0 Å². The highest BCUT2D eigenvalue weighted by Gasteiger charge is 2.17. The predicted octanol–water partition coefficient (Wildman–Crippen LogP) is 3.50. The molecule has 0 aliphatic carbocycles. The second kappa shape index (κ2) is 5.69. The number of hydrogen-bond acceptors (Lipinski definition) is 4. The fraction of sp³-hybridized carbons (Fsp3) is 0.267. The van der Waals surface area contributed by atoms with Crippen molar-refractivity contribution in [3.63, 3.8) is 0 Å². The molecule has 2 aromatic rings. The number of rotatable bonds is 4. The van der Waals surface area contributed by atoms with E-state index in [0.717, 1.165) is 11.4 Å². The largest absolute Gasteiger partial charge is 0.353 e. The van der Waals surface area contributed by atoms with Gasteiger partial charge in [0.25, 0.3) is 5.69 Å². The maximum atomic E-state index is 10.7. The molecular formula is C15H17N3O2. The van der Waals surface area contributed by atoms with Crippen LogP contribution in [0.1, 0.15) is 24.1 Å². The monoisotopic (exact) mass is 271 g/mol. The summed E-state index contributed by atoms with van der Waals surface area (Å²) in [4.78, 5) is 16.6. The van der Waals surface area contributed by atoms with E-state index in [0.29, 0.717) is 0 Å². The molecule has 1 heterocycles. The summed E-state index contributed by atoms with van der Waals surface area (Å²) in [6.45, 7) is 3.92. The first-order chi connectivity index (χ1) is 9.50. The quantitative estimate of drug-likeness (QED) is 0.631. The molecule has 0 N–H and O–H groups in total. The van der Waals surface area contributed by atoms with Gasteiger partial charge in [0.05, 0.1) is 11.0 Å². The number of anilines is 1. The van der Waals surface area contributed by atoms with E-state index in [1.54, 1.807) is 6.07 Å². The maximum Gasteiger partial charge on any atom is 0.287 e. The van der Waals surface area contributed by atoms with Crippen molar-refractivity contribution in [2.75, 3.05) is 11.9 Å². The summed E-state index contributed by atoms with van der Waals surface area (Å²) >= 11 is 0. The average Bonchev–Trinajstić information content (AvgIpc) is 2.46. The Morgan fingerprint density at radius 2 is 1.95 bits per heavy atom. The van der Waals surface area contributed by atoms with Crippen molar-refractivity contribution >= 4 is 11.5 Å². The maximum absolute atomic E-state index is 10.7. The molecule has 0 saturated carbocycles. The van der Waals surface area contributed by atoms with Gasteiger partial charge in [-0.1, -0.05) is 30.3 Å². The van der Waals surface area contributed by atoms with E-state index in [-0.39, 0.29) is 11.7 Å². The molecule has 5 nitrogen and oxygen atoms in total. The van der Waals surface area contributed by atoms with Crippen molar-refractivity contribution < 1.29 is 4.92 Å². The minimum absolute atomic E-state index is 0.0204. The molecule has 0 aliphatic rings. The number of nitro groups is 1. The summed E-state index contributed by atoms with van der Waals surface area (Å²) in [5, 5.41) is 10.7. The van der Waals surface area contributed by atoms with Crippen LogP contribution in [-0.2, 0) is 0 Å². The van der Waals surface area contributed by atoms with Gasteiger partial charge >= 0.3 is 0 Å². The standard InChI is InChI=1S/C15H17N3O2/c1-11-9-14(18(19)20)10-16-15(11)17(3)12(2)13-7-5-4-6-8-13/h4-10,12H,1-3H3/t12-/m0/s1. The Hall–Kier alpha value is -2.43. The Bertz CT molecular complexity index is 614. The Labute approximate surface area is 118 Å². The molecule has 0 amide bonds. The molecule has 0 aliphatic heterocycles. The molecule has 1 atom stereocenters. The fourth-order valence-corrected chi connectivity index (χ4v) is 2.16. The molecule has 1 aromatic carbocycles. The van der Waals surface area contributed by atoms with Crippen LogP contribution in [0.3, 0.4) is 0 Å². The van der Waals surface area contributed by atoms with Crippen LogP contribution in [0.25, 0.3) is 0 Å². The van der Waals surface area contributed by atoms with Gasteiger partial charge in [0, 0.05) is 13.1 Å². The van der Waals surface area contributed by atoms with Gasteiger partial charge in [-0.3, -0.25) is 10.1 Å². The zero-order valence-electron chi connectivity index (χ0n) is 11.8. The summed E-state index contributed by atoms with van der Waals surface area (Å²) < 4.78 is 0. The van der Waals surface area contributed by atoms with Crippen LogP contribution in [0.15, 0.2) is 42.6 Å². The van der Waals surface area contributed by atoms with Crippen molar-refractivity contribution in [2.45, 2.75) is 19.9 Å². The molecule has 0 fully saturated rings. The van der Waals surface area contributed by atoms with Crippen LogP contribution in [0.2, 0.25) is 0 Å². The molecule has 0 radical (unpaired) electrons. The van der Waals surface area contributed by atoms with E-state index in [4.69, 9.17) is 0 Å². The van der Waals surface area contributed by atoms with E-state index >= 15 is 0 Å². The third-order valence-corrected chi connectivity index (χ3v) is 3.44. The number of pyridine rings is 1. The highest BCUT2D eigenvalue weighted by Crippen LogP contribution is 2.27. The number of aromatic nitrogens is 1. The van der Waals surface area contributed by atoms with E-state index in [1.807, 2.05) is 37.1 Å². The smallest absolute Gasteiger partial charge is 0.287 e. The minimum atomic E-state index is -0.426. The Balaban J connectivity index is 2.29. The Kier molecular flexibility index (Phi) is 3.98. The summed E-state index contributed by atoms with van der Waals surface area (Å²) in [6, 6.07) is 11.8. The molecule has 0 unspecified atom stereocenters. The SMILES string of the molecule is Cc1cc([N+](=O)[O-])cnc1N(C)[C@@H](C)c1ccccc1. The van der Waals surface area contributed by atoms with Crippen molar-refractivity contribution in [1.82, 2.24) is 4.98 Å². The van der Waals surface area contributed by atoms with E-state index in [9.17, 15) is 10.1 Å². The van der Waals surface area contributed by atoms with Gasteiger partial charge in [0.1, 0.15) is 12.0 Å². The number of hydrogen-bond donors (Lipinski definition) is 0. The third kappa shape index (κ3) is 2.77. The molecule has 0 bridgehead atoms. The molecule has 104 valence electrons. The summed E-state index contributed by atoms with van der Waals surface area (Å²) in [7, 11) is 1.94. The van der Waals surface area contributed by atoms with Gasteiger partial charge in [-0.25, -0.2) is 4.98 Å². The zero-order valence-corrected chi connectivity index (χ0v) is 11.8. The van der Waals surface area contributed by atoms with Crippen LogP contribution in [-0.4, -0.2) is 17.0 Å². The van der Waals surface area contributed by atoms with Crippen LogP contribution < -0.4 is 4.90 Å².